The van der Waals surface area contributed by atoms with Gasteiger partial charge in [0.05, 0.1) is 24.4 Å². The minimum Gasteiger partial charge on any atom is -0.489 e. The molecule has 0 N–H and O–H groups in total. The van der Waals surface area contributed by atoms with Crippen LogP contribution in [0.4, 0.5) is 0 Å². The average Bonchev–Trinajstić information content (AvgIpc) is 2.53. The Bertz CT molecular complexity index is 571. The second-order valence-electron chi connectivity index (χ2n) is 4.74. The van der Waals surface area contributed by atoms with Crippen LogP contribution >= 0.6 is 11.6 Å². The number of hydrogen-bond acceptors (Lipinski definition) is 3. The summed E-state index contributed by atoms with van der Waals surface area (Å²) >= 11 is 5.71. The van der Waals surface area contributed by atoms with Crippen molar-refractivity contribution >= 4 is 11.6 Å². The summed E-state index contributed by atoms with van der Waals surface area (Å²) in [5.74, 6) is 1.16. The number of halogens is 1. The molecule has 1 unspecified atom stereocenters. The van der Waals surface area contributed by atoms with Crippen molar-refractivity contribution in [2.24, 2.45) is 0 Å². The molecule has 2 heterocycles. The molecule has 104 valence electrons. The summed E-state index contributed by atoms with van der Waals surface area (Å²) in [4.78, 5) is 4.21. The van der Waals surface area contributed by atoms with Crippen molar-refractivity contribution in [3.05, 3.63) is 59.4 Å². The zero-order valence-corrected chi connectivity index (χ0v) is 11.8. The number of hydrogen-bond donors (Lipinski definition) is 0. The molecule has 0 radical (unpaired) electrons. The van der Waals surface area contributed by atoms with Gasteiger partial charge in [-0.1, -0.05) is 24.3 Å². The molecule has 4 heteroatoms. The molecule has 3 rings (SSSR count). The maximum Gasteiger partial charge on any atom is 0.137 e. The van der Waals surface area contributed by atoms with Gasteiger partial charge in [0.2, 0.25) is 0 Å². The van der Waals surface area contributed by atoms with E-state index in [1.165, 1.54) is 11.1 Å². The van der Waals surface area contributed by atoms with E-state index in [1.54, 1.807) is 6.20 Å². The molecule has 0 aliphatic carbocycles. The summed E-state index contributed by atoms with van der Waals surface area (Å²) in [6.45, 7) is 1.24. The Morgan fingerprint density at radius 2 is 2.15 bits per heavy atom. The van der Waals surface area contributed by atoms with Gasteiger partial charge in [-0.3, -0.25) is 4.98 Å². The minimum absolute atomic E-state index is 0.00680. The summed E-state index contributed by atoms with van der Waals surface area (Å²) in [5.41, 5.74) is 3.42. The Balaban J connectivity index is 1.66. The first-order valence-corrected chi connectivity index (χ1v) is 7.23. The van der Waals surface area contributed by atoms with Gasteiger partial charge in [-0.15, -0.1) is 11.6 Å². The molecule has 0 saturated carbocycles. The summed E-state index contributed by atoms with van der Waals surface area (Å²) in [6.07, 6.45) is 2.66. The SMILES string of the molecule is ClCc1ccc(OCC2OCCc3ccccc32)cn1. The summed E-state index contributed by atoms with van der Waals surface area (Å²) in [6, 6.07) is 12.1. The van der Waals surface area contributed by atoms with Crippen molar-refractivity contribution in [3.8, 4) is 5.75 Å². The van der Waals surface area contributed by atoms with Gasteiger partial charge in [0, 0.05) is 0 Å². The van der Waals surface area contributed by atoms with Crippen LogP contribution in [0.15, 0.2) is 42.6 Å². The second kappa shape index (κ2) is 6.25. The van der Waals surface area contributed by atoms with Crippen molar-refractivity contribution in [1.82, 2.24) is 4.98 Å². The van der Waals surface area contributed by atoms with E-state index in [9.17, 15) is 0 Å². The Kier molecular flexibility index (Phi) is 4.19. The van der Waals surface area contributed by atoms with Gasteiger partial charge in [-0.25, -0.2) is 0 Å². The molecular weight excluding hydrogens is 274 g/mol. The number of fused-ring (bicyclic) bond motifs is 1. The molecule has 3 nitrogen and oxygen atoms in total. The lowest BCUT2D eigenvalue weighted by Crippen LogP contribution is -2.21. The Morgan fingerprint density at radius 1 is 1.25 bits per heavy atom. The second-order valence-corrected chi connectivity index (χ2v) is 5.01. The van der Waals surface area contributed by atoms with Crippen molar-refractivity contribution < 1.29 is 9.47 Å². The van der Waals surface area contributed by atoms with Gasteiger partial charge in [0.15, 0.2) is 0 Å². The molecule has 2 aromatic rings. The molecule has 1 aromatic carbocycles. The van der Waals surface area contributed by atoms with E-state index >= 15 is 0 Å². The van der Waals surface area contributed by atoms with Crippen LogP contribution < -0.4 is 4.74 Å². The Morgan fingerprint density at radius 3 is 2.95 bits per heavy atom. The first kappa shape index (κ1) is 13.4. The molecule has 0 amide bonds. The predicted molar refractivity (Wildman–Crippen MR) is 78.1 cm³/mol. The quantitative estimate of drug-likeness (QED) is 0.807. The molecule has 20 heavy (non-hydrogen) atoms. The van der Waals surface area contributed by atoms with Gasteiger partial charge < -0.3 is 9.47 Å². The van der Waals surface area contributed by atoms with Crippen LogP contribution in [0.5, 0.6) is 5.75 Å². The van der Waals surface area contributed by atoms with E-state index in [0.29, 0.717) is 12.5 Å². The number of pyridine rings is 1. The Labute approximate surface area is 123 Å². The van der Waals surface area contributed by atoms with Crippen molar-refractivity contribution in [1.29, 1.82) is 0 Å². The number of rotatable bonds is 4. The molecule has 1 aliphatic heterocycles. The van der Waals surface area contributed by atoms with E-state index in [-0.39, 0.29) is 6.10 Å². The largest absolute Gasteiger partial charge is 0.489 e. The number of aromatic nitrogens is 1. The maximum absolute atomic E-state index is 5.80. The van der Waals surface area contributed by atoms with Crippen molar-refractivity contribution in [3.63, 3.8) is 0 Å². The third-order valence-electron chi connectivity index (χ3n) is 3.43. The van der Waals surface area contributed by atoms with E-state index in [1.807, 2.05) is 18.2 Å². The van der Waals surface area contributed by atoms with Crippen molar-refractivity contribution in [2.75, 3.05) is 13.2 Å². The molecule has 0 spiro atoms. The van der Waals surface area contributed by atoms with Gasteiger partial charge >= 0.3 is 0 Å². The van der Waals surface area contributed by atoms with E-state index in [4.69, 9.17) is 21.1 Å². The lowest BCUT2D eigenvalue weighted by atomic mass is 9.98. The minimum atomic E-state index is -0.00680. The zero-order chi connectivity index (χ0) is 13.8. The van der Waals surface area contributed by atoms with E-state index < -0.39 is 0 Å². The summed E-state index contributed by atoms with van der Waals surface area (Å²) < 4.78 is 11.6. The fourth-order valence-corrected chi connectivity index (χ4v) is 2.52. The highest BCUT2D eigenvalue weighted by molar-refractivity contribution is 6.16. The highest BCUT2D eigenvalue weighted by Gasteiger charge is 2.20. The third kappa shape index (κ3) is 2.94. The van der Waals surface area contributed by atoms with Crippen LogP contribution in [-0.4, -0.2) is 18.2 Å². The van der Waals surface area contributed by atoms with Crippen LogP contribution in [0.3, 0.4) is 0 Å². The summed E-state index contributed by atoms with van der Waals surface area (Å²) in [5, 5.41) is 0. The van der Waals surface area contributed by atoms with Gasteiger partial charge in [0.1, 0.15) is 18.5 Å². The van der Waals surface area contributed by atoms with E-state index in [0.717, 1.165) is 24.5 Å². The van der Waals surface area contributed by atoms with Crippen LogP contribution in [0.1, 0.15) is 22.9 Å². The van der Waals surface area contributed by atoms with Crippen LogP contribution in [0, 0.1) is 0 Å². The van der Waals surface area contributed by atoms with Crippen molar-refractivity contribution in [2.45, 2.75) is 18.4 Å². The fourth-order valence-electron chi connectivity index (χ4n) is 2.36. The Hall–Kier alpha value is -1.58. The molecule has 1 aromatic heterocycles. The molecular formula is C16H16ClNO2. The lowest BCUT2D eigenvalue weighted by molar-refractivity contribution is 0.0101. The van der Waals surface area contributed by atoms with Crippen LogP contribution in [-0.2, 0) is 17.0 Å². The number of nitrogens with zero attached hydrogens (tertiary/aromatic N) is 1. The highest BCUT2D eigenvalue weighted by atomic mass is 35.5. The average molecular weight is 290 g/mol. The first-order valence-electron chi connectivity index (χ1n) is 6.70. The first-order chi connectivity index (χ1) is 9.86. The molecule has 0 fully saturated rings. The summed E-state index contributed by atoms with van der Waals surface area (Å²) in [7, 11) is 0. The highest BCUT2D eigenvalue weighted by Crippen LogP contribution is 2.27. The predicted octanol–water partition coefficient (Wildman–Crippen LogP) is 3.51. The molecule has 0 bridgehead atoms. The van der Waals surface area contributed by atoms with Gasteiger partial charge in [-0.2, -0.15) is 0 Å². The number of benzene rings is 1. The fraction of sp³-hybridized carbons (Fsp3) is 0.312. The smallest absolute Gasteiger partial charge is 0.137 e. The molecule has 1 aliphatic rings. The number of ether oxygens (including phenoxy) is 2. The maximum atomic E-state index is 5.80. The van der Waals surface area contributed by atoms with Gasteiger partial charge in [0.25, 0.3) is 0 Å². The normalized spacial score (nSPS) is 17.6. The molecule has 1 atom stereocenters. The molecule has 0 saturated heterocycles. The number of alkyl halides is 1. The standard InChI is InChI=1S/C16H16ClNO2/c17-9-13-5-6-14(10-18-13)20-11-16-15-4-2-1-3-12(15)7-8-19-16/h1-6,10,16H,7-9,11H2. The monoisotopic (exact) mass is 289 g/mol. The zero-order valence-electron chi connectivity index (χ0n) is 11.1. The topological polar surface area (TPSA) is 31.4 Å². The van der Waals surface area contributed by atoms with Crippen LogP contribution in [0.25, 0.3) is 0 Å². The third-order valence-corrected chi connectivity index (χ3v) is 3.70. The van der Waals surface area contributed by atoms with Crippen LogP contribution in [0.2, 0.25) is 0 Å². The lowest BCUT2D eigenvalue weighted by Gasteiger charge is -2.26. The van der Waals surface area contributed by atoms with E-state index in [2.05, 4.69) is 23.2 Å². The van der Waals surface area contributed by atoms with Gasteiger partial charge in [-0.05, 0) is 29.7 Å².